The first-order valence-corrected chi connectivity index (χ1v) is 6.26. The summed E-state index contributed by atoms with van der Waals surface area (Å²) < 4.78 is 17.9. The fraction of sp³-hybridized carbons (Fsp3) is 0.188. The molecule has 0 aliphatic heterocycles. The zero-order valence-electron chi connectivity index (χ0n) is 11.4. The molecule has 1 N–H and O–H groups in total. The van der Waals surface area contributed by atoms with Gasteiger partial charge in [-0.15, -0.1) is 0 Å². The van der Waals surface area contributed by atoms with Gasteiger partial charge in [-0.3, -0.25) is 4.99 Å². The van der Waals surface area contributed by atoms with Gasteiger partial charge in [-0.25, -0.2) is 4.39 Å². The van der Waals surface area contributed by atoms with Crippen LogP contribution in [0.2, 0.25) is 0 Å². The van der Waals surface area contributed by atoms with Crippen molar-refractivity contribution in [3.8, 4) is 11.5 Å². The molecule has 3 nitrogen and oxygen atoms in total. The van der Waals surface area contributed by atoms with Crippen LogP contribution in [-0.4, -0.2) is 18.4 Å². The Morgan fingerprint density at radius 3 is 2.55 bits per heavy atom. The van der Waals surface area contributed by atoms with Gasteiger partial charge in [0.25, 0.3) is 0 Å². The van der Waals surface area contributed by atoms with Gasteiger partial charge in [0, 0.05) is 11.8 Å². The van der Waals surface area contributed by atoms with Crippen molar-refractivity contribution < 1.29 is 14.2 Å². The van der Waals surface area contributed by atoms with Gasteiger partial charge in [-0.1, -0.05) is 18.2 Å². The molecule has 1 atom stereocenters. The standard InChI is InChI=1S/C16H16FNO2/c1-11(12-6-8-14(17)9-7-12)18-10-13-4-3-5-15(20-2)16(13)19/h3-11,19H,1-2H3/t11-/m0/s1. The van der Waals surface area contributed by atoms with Gasteiger partial charge in [-0.2, -0.15) is 0 Å². The second-order valence-electron chi connectivity index (χ2n) is 4.40. The molecule has 4 heteroatoms. The molecule has 0 fully saturated rings. The number of benzene rings is 2. The van der Waals surface area contributed by atoms with Gasteiger partial charge in [0.15, 0.2) is 11.5 Å². The Bertz CT molecular complexity index is 608. The fourth-order valence-corrected chi connectivity index (χ4v) is 1.83. The second-order valence-corrected chi connectivity index (χ2v) is 4.40. The number of hydrogen-bond acceptors (Lipinski definition) is 3. The normalized spacial score (nSPS) is 12.6. The SMILES string of the molecule is COc1cccc(C=N[C@@H](C)c2ccc(F)cc2)c1O. The highest BCUT2D eigenvalue weighted by Crippen LogP contribution is 2.28. The smallest absolute Gasteiger partial charge is 0.166 e. The lowest BCUT2D eigenvalue weighted by atomic mass is 10.1. The van der Waals surface area contributed by atoms with E-state index in [2.05, 4.69) is 4.99 Å². The van der Waals surface area contributed by atoms with Crippen molar-refractivity contribution in [3.63, 3.8) is 0 Å². The third-order valence-electron chi connectivity index (χ3n) is 3.04. The Kier molecular flexibility index (Phi) is 4.35. The average Bonchev–Trinajstić information content (AvgIpc) is 2.46. The average molecular weight is 273 g/mol. The number of para-hydroxylation sites is 1. The largest absolute Gasteiger partial charge is 0.504 e. The van der Waals surface area contributed by atoms with Gasteiger partial charge in [-0.05, 0) is 36.8 Å². The summed E-state index contributed by atoms with van der Waals surface area (Å²) in [5, 5.41) is 9.94. The summed E-state index contributed by atoms with van der Waals surface area (Å²) in [7, 11) is 1.50. The highest BCUT2D eigenvalue weighted by atomic mass is 19.1. The fourth-order valence-electron chi connectivity index (χ4n) is 1.83. The van der Waals surface area contributed by atoms with Crippen molar-refractivity contribution in [2.45, 2.75) is 13.0 Å². The third kappa shape index (κ3) is 3.15. The maximum absolute atomic E-state index is 12.9. The molecular formula is C16H16FNO2. The molecule has 2 aromatic carbocycles. The molecule has 2 aromatic rings. The highest BCUT2D eigenvalue weighted by Gasteiger charge is 2.06. The van der Waals surface area contributed by atoms with Crippen molar-refractivity contribution in [1.82, 2.24) is 0 Å². The van der Waals surface area contributed by atoms with Crippen molar-refractivity contribution in [3.05, 3.63) is 59.4 Å². The van der Waals surface area contributed by atoms with E-state index in [1.165, 1.54) is 19.2 Å². The van der Waals surface area contributed by atoms with Crippen LogP contribution in [0.15, 0.2) is 47.5 Å². The van der Waals surface area contributed by atoms with E-state index in [1.807, 2.05) is 6.92 Å². The van der Waals surface area contributed by atoms with Crippen LogP contribution in [0.1, 0.15) is 24.1 Å². The van der Waals surface area contributed by atoms with Crippen LogP contribution < -0.4 is 4.74 Å². The minimum absolute atomic E-state index is 0.0602. The van der Waals surface area contributed by atoms with Crippen molar-refractivity contribution in [2.75, 3.05) is 7.11 Å². The number of ether oxygens (including phenoxy) is 1. The number of phenols is 1. The van der Waals surface area contributed by atoms with Crippen LogP contribution in [0, 0.1) is 5.82 Å². The van der Waals surface area contributed by atoms with E-state index >= 15 is 0 Å². The molecule has 0 unspecified atom stereocenters. The maximum Gasteiger partial charge on any atom is 0.166 e. The molecule has 0 saturated heterocycles. The Balaban J connectivity index is 2.19. The minimum atomic E-state index is -0.268. The van der Waals surface area contributed by atoms with Crippen LogP contribution in [-0.2, 0) is 0 Å². The first-order chi connectivity index (χ1) is 9.61. The molecule has 0 heterocycles. The lowest BCUT2D eigenvalue weighted by molar-refractivity contribution is 0.373. The summed E-state index contributed by atoms with van der Waals surface area (Å²) in [6, 6.07) is 11.3. The van der Waals surface area contributed by atoms with Gasteiger partial charge < -0.3 is 9.84 Å². The summed E-state index contributed by atoms with van der Waals surface area (Å²) in [6.45, 7) is 1.90. The number of rotatable bonds is 4. The molecule has 20 heavy (non-hydrogen) atoms. The van der Waals surface area contributed by atoms with Crippen LogP contribution in [0.25, 0.3) is 0 Å². The monoisotopic (exact) mass is 273 g/mol. The van der Waals surface area contributed by atoms with E-state index in [9.17, 15) is 9.50 Å². The van der Waals surface area contributed by atoms with Gasteiger partial charge in [0.1, 0.15) is 5.82 Å². The Morgan fingerprint density at radius 1 is 1.20 bits per heavy atom. The van der Waals surface area contributed by atoms with Crippen molar-refractivity contribution >= 4 is 6.21 Å². The summed E-state index contributed by atoms with van der Waals surface area (Å²) in [5.41, 5.74) is 1.49. The maximum atomic E-state index is 12.9. The number of halogens is 1. The van der Waals surface area contributed by atoms with E-state index in [0.717, 1.165) is 5.56 Å². The molecule has 0 aromatic heterocycles. The summed E-state index contributed by atoms with van der Waals surface area (Å²) in [4.78, 5) is 4.37. The van der Waals surface area contributed by atoms with E-state index in [-0.39, 0.29) is 17.6 Å². The topological polar surface area (TPSA) is 41.8 Å². The Labute approximate surface area is 117 Å². The number of aliphatic imine (C=N–C) groups is 1. The summed E-state index contributed by atoms with van der Waals surface area (Å²) in [6.07, 6.45) is 1.59. The van der Waals surface area contributed by atoms with E-state index in [0.29, 0.717) is 11.3 Å². The molecule has 2 rings (SSSR count). The van der Waals surface area contributed by atoms with Gasteiger partial charge in [0.2, 0.25) is 0 Å². The minimum Gasteiger partial charge on any atom is -0.504 e. The second kappa shape index (κ2) is 6.19. The first kappa shape index (κ1) is 14.1. The molecule has 0 bridgehead atoms. The predicted molar refractivity (Wildman–Crippen MR) is 77.1 cm³/mol. The molecule has 104 valence electrons. The van der Waals surface area contributed by atoms with Crippen LogP contribution in [0.5, 0.6) is 11.5 Å². The quantitative estimate of drug-likeness (QED) is 0.863. The molecular weight excluding hydrogens is 257 g/mol. The van der Waals surface area contributed by atoms with Crippen LogP contribution in [0.3, 0.4) is 0 Å². The molecule has 0 radical (unpaired) electrons. The molecule has 0 aliphatic carbocycles. The van der Waals surface area contributed by atoms with E-state index in [1.54, 1.807) is 36.5 Å². The first-order valence-electron chi connectivity index (χ1n) is 6.26. The number of phenolic OH excluding ortho intramolecular Hbond substituents is 1. The van der Waals surface area contributed by atoms with Crippen molar-refractivity contribution in [1.29, 1.82) is 0 Å². The number of hydrogen-bond donors (Lipinski definition) is 1. The van der Waals surface area contributed by atoms with E-state index in [4.69, 9.17) is 4.74 Å². The lowest BCUT2D eigenvalue weighted by Crippen LogP contribution is -1.93. The Morgan fingerprint density at radius 2 is 1.90 bits per heavy atom. The van der Waals surface area contributed by atoms with Gasteiger partial charge in [0.05, 0.1) is 13.2 Å². The van der Waals surface area contributed by atoms with Crippen LogP contribution in [0.4, 0.5) is 4.39 Å². The predicted octanol–water partition coefficient (Wildman–Crippen LogP) is 3.72. The zero-order valence-corrected chi connectivity index (χ0v) is 11.4. The van der Waals surface area contributed by atoms with Crippen molar-refractivity contribution in [2.24, 2.45) is 4.99 Å². The number of methoxy groups -OCH3 is 1. The Hall–Kier alpha value is -2.36. The van der Waals surface area contributed by atoms with E-state index < -0.39 is 0 Å². The number of aromatic hydroxyl groups is 1. The highest BCUT2D eigenvalue weighted by molar-refractivity contribution is 5.84. The van der Waals surface area contributed by atoms with Gasteiger partial charge >= 0.3 is 0 Å². The molecule has 0 spiro atoms. The number of nitrogens with zero attached hydrogens (tertiary/aromatic N) is 1. The summed E-state index contributed by atoms with van der Waals surface area (Å²) >= 11 is 0. The molecule has 0 aliphatic rings. The lowest BCUT2D eigenvalue weighted by Gasteiger charge is -2.08. The zero-order chi connectivity index (χ0) is 14.5. The van der Waals surface area contributed by atoms with Crippen LogP contribution >= 0.6 is 0 Å². The summed E-state index contributed by atoms with van der Waals surface area (Å²) in [5.74, 6) is 0.198. The molecule has 0 saturated carbocycles. The third-order valence-corrected chi connectivity index (χ3v) is 3.04. The molecule has 0 amide bonds.